The first kappa shape index (κ1) is 16.5. The van der Waals surface area contributed by atoms with E-state index in [-0.39, 0.29) is 5.56 Å². The number of hydrogen-bond donors (Lipinski definition) is 1. The van der Waals surface area contributed by atoms with Crippen LogP contribution in [-0.4, -0.2) is 23.2 Å². The van der Waals surface area contributed by atoms with E-state index in [1.165, 1.54) is 42.5 Å². The van der Waals surface area contributed by atoms with Gasteiger partial charge < -0.3 is 9.84 Å². The third-order valence-electron chi connectivity index (χ3n) is 3.00. The van der Waals surface area contributed by atoms with Crippen molar-refractivity contribution in [3.63, 3.8) is 0 Å². The number of halogens is 3. The Bertz CT molecular complexity index is 711. The van der Waals surface area contributed by atoms with Crippen molar-refractivity contribution in [2.75, 3.05) is 0 Å². The molecule has 0 spiro atoms. The van der Waals surface area contributed by atoms with Crippen LogP contribution < -0.4 is 0 Å². The first-order valence-electron chi connectivity index (χ1n) is 6.45. The molecular weight excluding hydrogens is 313 g/mol. The Morgan fingerprint density at radius 3 is 1.96 bits per heavy atom. The van der Waals surface area contributed by atoms with Crippen molar-refractivity contribution < 1.29 is 32.6 Å². The molecule has 0 heterocycles. The predicted molar refractivity (Wildman–Crippen MR) is 74.1 cm³/mol. The topological polar surface area (TPSA) is 63.6 Å². The average Bonchev–Trinajstić information content (AvgIpc) is 2.52. The summed E-state index contributed by atoms with van der Waals surface area (Å²) in [6, 6.07) is 11.6. The van der Waals surface area contributed by atoms with Crippen LogP contribution in [0.5, 0.6) is 0 Å². The summed E-state index contributed by atoms with van der Waals surface area (Å²) in [7, 11) is 0. The van der Waals surface area contributed by atoms with E-state index in [9.17, 15) is 22.8 Å². The lowest BCUT2D eigenvalue weighted by Gasteiger charge is -2.21. The van der Waals surface area contributed by atoms with Crippen molar-refractivity contribution in [3.8, 4) is 0 Å². The molecule has 7 heteroatoms. The largest absolute Gasteiger partial charge is 0.478 e. The quantitative estimate of drug-likeness (QED) is 0.868. The van der Waals surface area contributed by atoms with Crippen molar-refractivity contribution in [2.24, 2.45) is 0 Å². The summed E-state index contributed by atoms with van der Waals surface area (Å²) in [6.07, 6.45) is -7.30. The lowest BCUT2D eigenvalue weighted by atomic mass is 10.1. The number of hydrogen-bond acceptors (Lipinski definition) is 3. The summed E-state index contributed by atoms with van der Waals surface area (Å²) in [6.45, 7) is 0. The third-order valence-corrected chi connectivity index (χ3v) is 3.00. The van der Waals surface area contributed by atoms with Crippen LogP contribution in [0.15, 0.2) is 54.6 Å². The molecule has 1 unspecified atom stereocenters. The zero-order valence-corrected chi connectivity index (χ0v) is 11.6. The number of ether oxygens (including phenoxy) is 1. The van der Waals surface area contributed by atoms with Crippen molar-refractivity contribution in [1.82, 2.24) is 0 Å². The van der Waals surface area contributed by atoms with Gasteiger partial charge in [0.15, 0.2) is 0 Å². The van der Waals surface area contributed by atoms with Crippen LogP contribution in [0.1, 0.15) is 32.4 Å². The molecule has 2 aromatic rings. The van der Waals surface area contributed by atoms with E-state index in [0.29, 0.717) is 0 Å². The summed E-state index contributed by atoms with van der Waals surface area (Å²) in [5, 5.41) is 9.00. The summed E-state index contributed by atoms with van der Waals surface area (Å²) in [5.74, 6) is -2.78. The van der Waals surface area contributed by atoms with Gasteiger partial charge in [0, 0.05) is 5.56 Å². The molecule has 23 heavy (non-hydrogen) atoms. The highest BCUT2D eigenvalue weighted by atomic mass is 19.4. The molecule has 1 atom stereocenters. The second-order valence-corrected chi connectivity index (χ2v) is 4.59. The fourth-order valence-electron chi connectivity index (χ4n) is 1.97. The maximum Gasteiger partial charge on any atom is 0.429 e. The maximum atomic E-state index is 13.1. The summed E-state index contributed by atoms with van der Waals surface area (Å²) in [5.41, 5.74) is -1.11. The van der Waals surface area contributed by atoms with Crippen molar-refractivity contribution in [1.29, 1.82) is 0 Å². The van der Waals surface area contributed by atoms with Crippen LogP contribution in [0.2, 0.25) is 0 Å². The molecule has 0 aliphatic heterocycles. The Morgan fingerprint density at radius 1 is 0.913 bits per heavy atom. The van der Waals surface area contributed by atoms with Gasteiger partial charge in [-0.05, 0) is 12.1 Å². The number of carboxylic acids is 1. The molecule has 0 radical (unpaired) electrons. The highest BCUT2D eigenvalue weighted by molar-refractivity contribution is 6.02. The van der Waals surface area contributed by atoms with E-state index in [1.807, 2.05) is 0 Å². The fourth-order valence-corrected chi connectivity index (χ4v) is 1.97. The molecule has 0 amide bonds. The van der Waals surface area contributed by atoms with E-state index in [4.69, 9.17) is 5.11 Å². The normalized spacial score (nSPS) is 12.5. The lowest BCUT2D eigenvalue weighted by molar-refractivity contribution is -0.207. The SMILES string of the molecule is O=C(O)c1ccccc1C(=O)OC(c1ccccc1)C(F)(F)F. The number of carbonyl (C=O) groups is 2. The van der Waals surface area contributed by atoms with Gasteiger partial charge in [-0.1, -0.05) is 42.5 Å². The summed E-state index contributed by atoms with van der Waals surface area (Å²) < 4.78 is 44.0. The lowest BCUT2D eigenvalue weighted by Crippen LogP contribution is -2.27. The summed E-state index contributed by atoms with van der Waals surface area (Å²) >= 11 is 0. The van der Waals surface area contributed by atoms with Crippen molar-refractivity contribution in [2.45, 2.75) is 12.3 Å². The Hall–Kier alpha value is -2.83. The second kappa shape index (κ2) is 6.51. The standard InChI is InChI=1S/C16H11F3O4/c17-16(18,19)13(10-6-2-1-3-7-10)23-15(22)12-9-5-4-8-11(12)14(20)21/h1-9,13H,(H,20,21). The van der Waals surface area contributed by atoms with E-state index >= 15 is 0 Å². The smallest absolute Gasteiger partial charge is 0.429 e. The van der Waals surface area contributed by atoms with Crippen LogP contribution in [0, 0.1) is 0 Å². The van der Waals surface area contributed by atoms with Gasteiger partial charge >= 0.3 is 18.1 Å². The molecule has 120 valence electrons. The Labute approximate surface area is 129 Å². The van der Waals surface area contributed by atoms with Crippen molar-refractivity contribution >= 4 is 11.9 Å². The van der Waals surface area contributed by atoms with Crippen LogP contribution in [0.3, 0.4) is 0 Å². The van der Waals surface area contributed by atoms with Gasteiger partial charge in [-0.25, -0.2) is 9.59 Å². The molecule has 0 aliphatic carbocycles. The minimum Gasteiger partial charge on any atom is -0.478 e. The number of carbonyl (C=O) groups excluding carboxylic acids is 1. The molecule has 2 rings (SSSR count). The number of carboxylic acid groups (broad SMARTS) is 1. The van der Waals surface area contributed by atoms with Crippen LogP contribution in [0.4, 0.5) is 13.2 Å². The van der Waals surface area contributed by atoms with E-state index in [1.54, 1.807) is 0 Å². The van der Waals surface area contributed by atoms with Gasteiger partial charge in [0.05, 0.1) is 11.1 Å². The number of rotatable bonds is 4. The molecule has 4 nitrogen and oxygen atoms in total. The number of aromatic carboxylic acids is 1. The average molecular weight is 324 g/mol. The maximum absolute atomic E-state index is 13.1. The zero-order chi connectivity index (χ0) is 17.0. The minimum absolute atomic E-state index is 0.249. The first-order chi connectivity index (χ1) is 10.8. The number of alkyl halides is 3. The van der Waals surface area contributed by atoms with Gasteiger partial charge in [-0.15, -0.1) is 0 Å². The second-order valence-electron chi connectivity index (χ2n) is 4.59. The first-order valence-corrected chi connectivity index (χ1v) is 6.45. The van der Waals surface area contributed by atoms with Crippen LogP contribution in [0.25, 0.3) is 0 Å². The van der Waals surface area contributed by atoms with E-state index in [2.05, 4.69) is 4.74 Å². The molecule has 0 saturated carbocycles. The highest BCUT2D eigenvalue weighted by Gasteiger charge is 2.44. The zero-order valence-electron chi connectivity index (χ0n) is 11.6. The fraction of sp³-hybridized carbons (Fsp3) is 0.125. The van der Waals surface area contributed by atoms with Crippen molar-refractivity contribution in [3.05, 3.63) is 71.3 Å². The molecule has 0 saturated heterocycles. The molecular formula is C16H11F3O4. The highest BCUT2D eigenvalue weighted by Crippen LogP contribution is 2.36. The molecule has 0 bridgehead atoms. The predicted octanol–water partition coefficient (Wildman–Crippen LogP) is 3.85. The number of benzene rings is 2. The molecule has 0 fully saturated rings. The molecule has 1 N–H and O–H groups in total. The molecule has 0 aliphatic rings. The van der Waals surface area contributed by atoms with E-state index in [0.717, 1.165) is 12.1 Å². The van der Waals surface area contributed by atoms with E-state index < -0.39 is 35.3 Å². The molecule has 2 aromatic carbocycles. The van der Waals surface area contributed by atoms with Gasteiger partial charge in [-0.3, -0.25) is 0 Å². The van der Waals surface area contributed by atoms with Gasteiger partial charge in [0.25, 0.3) is 0 Å². The summed E-state index contributed by atoms with van der Waals surface area (Å²) in [4.78, 5) is 23.1. The third kappa shape index (κ3) is 3.88. The van der Waals surface area contributed by atoms with Gasteiger partial charge in [-0.2, -0.15) is 13.2 Å². The minimum atomic E-state index is -4.82. The molecule has 0 aromatic heterocycles. The van der Waals surface area contributed by atoms with Crippen LogP contribution in [-0.2, 0) is 4.74 Å². The monoisotopic (exact) mass is 324 g/mol. The number of esters is 1. The van der Waals surface area contributed by atoms with Gasteiger partial charge in [0.1, 0.15) is 0 Å². The van der Waals surface area contributed by atoms with Gasteiger partial charge in [0.2, 0.25) is 6.10 Å². The van der Waals surface area contributed by atoms with Crippen LogP contribution >= 0.6 is 0 Å². The Balaban J connectivity index is 2.35. The Kier molecular flexibility index (Phi) is 4.68. The Morgan fingerprint density at radius 2 is 1.43 bits per heavy atom.